The Labute approximate surface area is 263 Å². The van der Waals surface area contributed by atoms with Crippen LogP contribution in [0.3, 0.4) is 0 Å². The smallest absolute Gasteiger partial charge is 0.247 e. The number of aromatic nitrogens is 3. The molecule has 0 aliphatic carbocycles. The molecule has 2 heterocycles. The first-order valence-electron chi connectivity index (χ1n) is 13.9. The summed E-state index contributed by atoms with van der Waals surface area (Å²) < 4.78 is 11.6. The number of likely N-dealkylation sites (N-methyl/N-ethyl adjacent to an activating group) is 2. The number of carbonyl (C=O) groups excluding carboxylic acids is 1. The molecular formula is C32H37ClN8O3. The lowest BCUT2D eigenvalue weighted by Gasteiger charge is -2.26. The minimum atomic E-state index is -0.324. The summed E-state index contributed by atoms with van der Waals surface area (Å²) in [6, 6.07) is 16.6. The van der Waals surface area contributed by atoms with Crippen LogP contribution >= 0.6 is 11.6 Å². The normalized spacial score (nSPS) is 10.7. The monoisotopic (exact) mass is 616 g/mol. The lowest BCUT2D eigenvalue weighted by molar-refractivity contribution is -0.111. The van der Waals surface area contributed by atoms with Gasteiger partial charge in [0.2, 0.25) is 11.9 Å². The number of pyridine rings is 1. The van der Waals surface area contributed by atoms with Gasteiger partial charge in [-0.05, 0) is 62.6 Å². The van der Waals surface area contributed by atoms with Gasteiger partial charge in [-0.3, -0.25) is 9.78 Å². The van der Waals surface area contributed by atoms with Gasteiger partial charge in [-0.2, -0.15) is 4.98 Å². The highest BCUT2D eigenvalue weighted by Crippen LogP contribution is 2.38. The van der Waals surface area contributed by atoms with Crippen LogP contribution in [0.5, 0.6) is 11.5 Å². The van der Waals surface area contributed by atoms with Crippen molar-refractivity contribution < 1.29 is 14.3 Å². The number of nitrogens with zero attached hydrogens (tertiary/aromatic N) is 6. The lowest BCUT2D eigenvalue weighted by atomic mass is 10.2. The van der Waals surface area contributed by atoms with Crippen LogP contribution in [0, 0.1) is 0 Å². The SMILES string of the molecule is C=CC(=O)Nc1cc(Nc2nccc(N(C)c3ccc(OCc4ccccn4)c(Cl)c3)n2)c(OC)cc1N(C)CCN(C)C. The first-order chi connectivity index (χ1) is 21.2. The van der Waals surface area contributed by atoms with Crippen molar-refractivity contribution in [2.45, 2.75) is 6.61 Å². The van der Waals surface area contributed by atoms with Gasteiger partial charge >= 0.3 is 0 Å². The summed E-state index contributed by atoms with van der Waals surface area (Å²) in [7, 11) is 9.45. The Morgan fingerprint density at radius 2 is 1.80 bits per heavy atom. The fourth-order valence-corrected chi connectivity index (χ4v) is 4.43. The van der Waals surface area contributed by atoms with E-state index in [1.54, 1.807) is 31.6 Å². The number of halogens is 1. The fourth-order valence-electron chi connectivity index (χ4n) is 4.21. The molecule has 2 aromatic heterocycles. The fraction of sp³-hybridized carbons (Fsp3) is 0.250. The zero-order chi connectivity index (χ0) is 31.6. The van der Waals surface area contributed by atoms with E-state index in [2.05, 4.69) is 37.0 Å². The molecular weight excluding hydrogens is 580 g/mol. The predicted molar refractivity (Wildman–Crippen MR) is 177 cm³/mol. The third-order valence-electron chi connectivity index (χ3n) is 6.69. The molecule has 12 heteroatoms. The first kappa shape index (κ1) is 32.1. The Morgan fingerprint density at radius 1 is 0.977 bits per heavy atom. The van der Waals surface area contributed by atoms with Crippen molar-refractivity contribution in [3.63, 3.8) is 0 Å². The van der Waals surface area contributed by atoms with E-state index in [0.717, 1.165) is 30.2 Å². The van der Waals surface area contributed by atoms with Gasteiger partial charge < -0.3 is 34.8 Å². The molecule has 0 aliphatic rings. The third-order valence-corrected chi connectivity index (χ3v) is 6.99. The highest BCUT2D eigenvalue weighted by atomic mass is 35.5. The molecule has 0 spiro atoms. The minimum Gasteiger partial charge on any atom is -0.494 e. The summed E-state index contributed by atoms with van der Waals surface area (Å²) in [6.45, 7) is 5.46. The largest absolute Gasteiger partial charge is 0.494 e. The maximum Gasteiger partial charge on any atom is 0.247 e. The standard InChI is InChI=1S/C32H37ClN8O3/c1-7-31(42)36-25-19-26(29(43-6)20-27(25)40(4)17-16-39(2)3)37-32-35-15-13-30(38-32)41(5)23-11-12-28(24(33)18-23)44-21-22-10-8-9-14-34-22/h7-15,18-20H,1,16-17,21H2,2-6H3,(H,36,42)(H,35,37,38). The highest BCUT2D eigenvalue weighted by molar-refractivity contribution is 6.32. The molecule has 2 aromatic carbocycles. The number of ether oxygens (including phenoxy) is 2. The average molecular weight is 617 g/mol. The van der Waals surface area contributed by atoms with E-state index in [0.29, 0.717) is 46.3 Å². The van der Waals surface area contributed by atoms with Gasteiger partial charge in [-0.15, -0.1) is 0 Å². The molecule has 0 atom stereocenters. The molecule has 0 aliphatic heterocycles. The summed E-state index contributed by atoms with van der Waals surface area (Å²) in [4.78, 5) is 31.7. The Morgan fingerprint density at radius 3 is 2.48 bits per heavy atom. The van der Waals surface area contributed by atoms with E-state index in [9.17, 15) is 4.79 Å². The highest BCUT2D eigenvalue weighted by Gasteiger charge is 2.17. The van der Waals surface area contributed by atoms with Crippen molar-refractivity contribution in [1.82, 2.24) is 19.9 Å². The van der Waals surface area contributed by atoms with Crippen molar-refractivity contribution in [1.29, 1.82) is 0 Å². The Hall–Kier alpha value is -4.87. The van der Waals surface area contributed by atoms with Crippen LogP contribution in [0.25, 0.3) is 0 Å². The number of amides is 1. The average Bonchev–Trinajstić information content (AvgIpc) is 3.03. The van der Waals surface area contributed by atoms with Gasteiger partial charge in [0.05, 0.1) is 34.9 Å². The van der Waals surface area contributed by atoms with Crippen LogP contribution in [0.15, 0.2) is 79.6 Å². The molecule has 44 heavy (non-hydrogen) atoms. The van der Waals surface area contributed by atoms with Crippen LogP contribution in [0.2, 0.25) is 5.02 Å². The number of hydrogen-bond acceptors (Lipinski definition) is 10. The first-order valence-corrected chi connectivity index (χ1v) is 14.2. The van der Waals surface area contributed by atoms with Crippen LogP contribution in [-0.4, -0.2) is 74.1 Å². The van der Waals surface area contributed by atoms with Crippen molar-refractivity contribution in [2.75, 3.05) is 68.8 Å². The second kappa shape index (κ2) is 15.0. The molecule has 1 amide bonds. The molecule has 230 valence electrons. The second-order valence-corrected chi connectivity index (χ2v) is 10.5. The number of carbonyl (C=O) groups is 1. The molecule has 0 bridgehead atoms. The number of hydrogen-bond donors (Lipinski definition) is 2. The van der Waals surface area contributed by atoms with E-state index in [1.165, 1.54) is 6.08 Å². The summed E-state index contributed by atoms with van der Waals surface area (Å²) in [5.41, 5.74) is 3.58. The van der Waals surface area contributed by atoms with E-state index in [4.69, 9.17) is 26.1 Å². The molecule has 0 saturated carbocycles. The molecule has 4 aromatic rings. The van der Waals surface area contributed by atoms with Crippen molar-refractivity contribution in [2.24, 2.45) is 0 Å². The van der Waals surface area contributed by atoms with Crippen molar-refractivity contribution >= 4 is 52.0 Å². The molecule has 0 radical (unpaired) electrons. The maximum absolute atomic E-state index is 12.3. The van der Waals surface area contributed by atoms with Gasteiger partial charge in [0.15, 0.2) is 0 Å². The molecule has 0 saturated heterocycles. The summed E-state index contributed by atoms with van der Waals surface area (Å²) in [5.74, 6) is 1.75. The summed E-state index contributed by atoms with van der Waals surface area (Å²) >= 11 is 6.56. The van der Waals surface area contributed by atoms with Gasteiger partial charge in [0.25, 0.3) is 0 Å². The molecule has 0 unspecified atom stereocenters. The molecule has 11 nitrogen and oxygen atoms in total. The van der Waals surface area contributed by atoms with E-state index >= 15 is 0 Å². The number of methoxy groups -OCH3 is 1. The van der Waals surface area contributed by atoms with Gasteiger partial charge in [-0.1, -0.05) is 24.2 Å². The van der Waals surface area contributed by atoms with E-state index < -0.39 is 0 Å². The minimum absolute atomic E-state index is 0.312. The third kappa shape index (κ3) is 8.36. The molecule has 0 fully saturated rings. The number of benzene rings is 2. The van der Waals surface area contributed by atoms with Crippen LogP contribution in [-0.2, 0) is 11.4 Å². The zero-order valence-electron chi connectivity index (χ0n) is 25.5. The molecule has 2 N–H and O–H groups in total. The Bertz CT molecular complexity index is 1590. The van der Waals surface area contributed by atoms with Crippen LogP contribution < -0.4 is 29.9 Å². The van der Waals surface area contributed by atoms with E-state index in [-0.39, 0.29) is 5.91 Å². The summed E-state index contributed by atoms with van der Waals surface area (Å²) in [5, 5.41) is 6.61. The second-order valence-electron chi connectivity index (χ2n) is 10.1. The number of nitrogens with one attached hydrogen (secondary N) is 2. The predicted octanol–water partition coefficient (Wildman–Crippen LogP) is 5.75. The Balaban J connectivity index is 1.55. The van der Waals surface area contributed by atoms with E-state index in [1.807, 2.05) is 75.6 Å². The Kier molecular flexibility index (Phi) is 11.0. The number of anilines is 6. The van der Waals surface area contributed by atoms with Gasteiger partial charge in [0.1, 0.15) is 23.9 Å². The van der Waals surface area contributed by atoms with Crippen LogP contribution in [0.1, 0.15) is 5.69 Å². The van der Waals surface area contributed by atoms with Gasteiger partial charge in [0, 0.05) is 51.3 Å². The molecule has 4 rings (SSSR count). The lowest BCUT2D eigenvalue weighted by Crippen LogP contribution is -2.29. The quantitative estimate of drug-likeness (QED) is 0.170. The zero-order valence-corrected chi connectivity index (χ0v) is 26.3. The summed E-state index contributed by atoms with van der Waals surface area (Å²) in [6.07, 6.45) is 4.61. The van der Waals surface area contributed by atoms with Crippen LogP contribution in [0.4, 0.5) is 34.5 Å². The van der Waals surface area contributed by atoms with Crippen molar-refractivity contribution in [3.8, 4) is 11.5 Å². The maximum atomic E-state index is 12.3. The van der Waals surface area contributed by atoms with Crippen molar-refractivity contribution in [3.05, 3.63) is 90.4 Å². The topological polar surface area (TPSA) is 108 Å². The van der Waals surface area contributed by atoms with Gasteiger partial charge in [-0.25, -0.2) is 4.98 Å². The number of rotatable bonds is 14.